The zero-order valence-electron chi connectivity index (χ0n) is 14.9. The van der Waals surface area contributed by atoms with E-state index in [0.717, 1.165) is 22.6 Å². The lowest BCUT2D eigenvalue weighted by atomic mass is 9.85. The Morgan fingerprint density at radius 2 is 2.08 bits per heavy atom. The Morgan fingerprint density at radius 3 is 2.71 bits per heavy atom. The standard InChI is InChI=1S/C18H27N3O2S/c1-18(2,3)15(9-10-22)20-17(23)11-21-14-8-6-5-7-13(14)19-16(21)12-24-4/h5-8,15,22H,9-12H2,1-4H3,(H,20,23). The third-order valence-corrected chi connectivity index (χ3v) is 4.65. The van der Waals surface area contributed by atoms with Gasteiger partial charge in [-0.15, -0.1) is 0 Å². The fraction of sp³-hybridized carbons (Fsp3) is 0.556. The number of nitrogens with zero attached hydrogens (tertiary/aromatic N) is 2. The monoisotopic (exact) mass is 349 g/mol. The average molecular weight is 350 g/mol. The Kier molecular flexibility index (Phi) is 6.29. The van der Waals surface area contributed by atoms with Crippen molar-refractivity contribution >= 4 is 28.7 Å². The Labute approximate surface area is 147 Å². The molecule has 24 heavy (non-hydrogen) atoms. The van der Waals surface area contributed by atoms with Crippen molar-refractivity contribution in [2.45, 2.75) is 45.5 Å². The highest BCUT2D eigenvalue weighted by atomic mass is 32.2. The highest BCUT2D eigenvalue weighted by molar-refractivity contribution is 7.97. The Balaban J connectivity index is 2.21. The number of carbonyl (C=O) groups is 1. The minimum absolute atomic E-state index is 0.0473. The zero-order chi connectivity index (χ0) is 17.7. The first-order chi connectivity index (χ1) is 11.4. The number of hydrogen-bond acceptors (Lipinski definition) is 4. The molecule has 1 atom stereocenters. The van der Waals surface area contributed by atoms with Crippen molar-refractivity contribution in [1.29, 1.82) is 0 Å². The molecule has 0 aliphatic carbocycles. The van der Waals surface area contributed by atoms with Gasteiger partial charge in [0, 0.05) is 12.6 Å². The first-order valence-corrected chi connectivity index (χ1v) is 9.59. The average Bonchev–Trinajstić information content (AvgIpc) is 2.84. The van der Waals surface area contributed by atoms with Gasteiger partial charge in [-0.2, -0.15) is 11.8 Å². The van der Waals surface area contributed by atoms with E-state index in [1.165, 1.54) is 0 Å². The van der Waals surface area contributed by atoms with Gasteiger partial charge in [0.05, 0.1) is 16.8 Å². The fourth-order valence-corrected chi connectivity index (χ4v) is 3.25. The van der Waals surface area contributed by atoms with Gasteiger partial charge in [-0.3, -0.25) is 4.79 Å². The molecular weight excluding hydrogens is 322 g/mol. The Bertz CT molecular complexity index is 691. The number of fused-ring (bicyclic) bond motifs is 1. The van der Waals surface area contributed by atoms with E-state index in [-0.39, 0.29) is 30.5 Å². The summed E-state index contributed by atoms with van der Waals surface area (Å²) in [5.74, 6) is 1.63. The lowest BCUT2D eigenvalue weighted by Gasteiger charge is -2.31. The fourth-order valence-electron chi connectivity index (χ4n) is 2.78. The molecule has 1 unspecified atom stereocenters. The van der Waals surface area contributed by atoms with E-state index in [1.807, 2.05) is 35.1 Å². The second-order valence-electron chi connectivity index (χ2n) is 7.03. The minimum atomic E-state index is -0.0997. The van der Waals surface area contributed by atoms with Gasteiger partial charge in [0.1, 0.15) is 12.4 Å². The molecule has 0 radical (unpaired) electrons. The van der Waals surface area contributed by atoms with Crippen molar-refractivity contribution < 1.29 is 9.90 Å². The third-order valence-electron chi connectivity index (χ3n) is 4.11. The van der Waals surface area contributed by atoms with E-state index < -0.39 is 0 Å². The number of thioether (sulfide) groups is 1. The molecule has 1 aromatic heterocycles. The van der Waals surface area contributed by atoms with E-state index in [2.05, 4.69) is 31.1 Å². The molecule has 5 nitrogen and oxygen atoms in total. The number of aliphatic hydroxyl groups is 1. The lowest BCUT2D eigenvalue weighted by molar-refractivity contribution is -0.123. The Morgan fingerprint density at radius 1 is 1.38 bits per heavy atom. The van der Waals surface area contributed by atoms with Crippen molar-refractivity contribution in [3.63, 3.8) is 0 Å². The van der Waals surface area contributed by atoms with Crippen LogP contribution in [0.15, 0.2) is 24.3 Å². The van der Waals surface area contributed by atoms with E-state index in [1.54, 1.807) is 11.8 Å². The molecule has 0 aliphatic rings. The molecule has 1 amide bonds. The van der Waals surface area contributed by atoms with Crippen LogP contribution in [0.4, 0.5) is 0 Å². The van der Waals surface area contributed by atoms with Crippen molar-refractivity contribution in [2.75, 3.05) is 12.9 Å². The van der Waals surface area contributed by atoms with Crippen LogP contribution in [0.1, 0.15) is 33.0 Å². The van der Waals surface area contributed by atoms with Gasteiger partial charge >= 0.3 is 0 Å². The number of amides is 1. The van der Waals surface area contributed by atoms with Crippen LogP contribution >= 0.6 is 11.8 Å². The normalized spacial score (nSPS) is 13.2. The van der Waals surface area contributed by atoms with Crippen molar-refractivity contribution in [3.8, 4) is 0 Å². The summed E-state index contributed by atoms with van der Waals surface area (Å²) in [4.78, 5) is 17.2. The summed E-state index contributed by atoms with van der Waals surface area (Å²) < 4.78 is 1.99. The molecule has 0 spiro atoms. The maximum atomic E-state index is 12.6. The summed E-state index contributed by atoms with van der Waals surface area (Å²) >= 11 is 1.69. The van der Waals surface area contributed by atoms with Crippen LogP contribution in [-0.2, 0) is 17.1 Å². The first kappa shape index (κ1) is 18.8. The van der Waals surface area contributed by atoms with Crippen LogP contribution in [0.3, 0.4) is 0 Å². The van der Waals surface area contributed by atoms with Gasteiger partial charge in [0.15, 0.2) is 0 Å². The SMILES string of the molecule is CSCc1nc2ccccc2n1CC(=O)NC(CCO)C(C)(C)C. The second kappa shape index (κ2) is 8.03. The van der Waals surface area contributed by atoms with Crippen LogP contribution in [0, 0.1) is 5.41 Å². The number of imidazole rings is 1. The molecule has 0 bridgehead atoms. The number of para-hydroxylation sites is 2. The van der Waals surface area contributed by atoms with Crippen molar-refractivity contribution in [1.82, 2.24) is 14.9 Å². The van der Waals surface area contributed by atoms with Gasteiger partial charge in [-0.05, 0) is 30.2 Å². The summed E-state index contributed by atoms with van der Waals surface area (Å²) in [5, 5.41) is 12.3. The number of hydrogen-bond donors (Lipinski definition) is 2. The summed E-state index contributed by atoms with van der Waals surface area (Å²) in [5.41, 5.74) is 1.79. The highest BCUT2D eigenvalue weighted by Crippen LogP contribution is 2.22. The van der Waals surface area contributed by atoms with Gasteiger partial charge in [-0.1, -0.05) is 32.9 Å². The van der Waals surface area contributed by atoms with E-state index in [4.69, 9.17) is 0 Å². The van der Waals surface area contributed by atoms with Crippen molar-refractivity contribution in [3.05, 3.63) is 30.1 Å². The molecule has 6 heteroatoms. The molecule has 2 N–H and O–H groups in total. The smallest absolute Gasteiger partial charge is 0.240 e. The molecule has 2 rings (SSSR count). The molecule has 0 saturated carbocycles. The quantitative estimate of drug-likeness (QED) is 0.807. The first-order valence-electron chi connectivity index (χ1n) is 8.20. The number of aromatic nitrogens is 2. The van der Waals surface area contributed by atoms with E-state index >= 15 is 0 Å². The number of benzene rings is 1. The number of aliphatic hydroxyl groups excluding tert-OH is 1. The Hall–Kier alpha value is -1.53. The molecule has 0 saturated heterocycles. The van der Waals surface area contributed by atoms with Crippen LogP contribution < -0.4 is 5.32 Å². The van der Waals surface area contributed by atoms with Crippen molar-refractivity contribution in [2.24, 2.45) is 5.41 Å². The van der Waals surface area contributed by atoms with Crippen LogP contribution in [0.2, 0.25) is 0 Å². The molecule has 1 aromatic carbocycles. The second-order valence-corrected chi connectivity index (χ2v) is 7.90. The van der Waals surface area contributed by atoms with Crippen LogP contribution in [0.5, 0.6) is 0 Å². The predicted octanol–water partition coefficient (Wildman–Crippen LogP) is 2.81. The summed E-state index contributed by atoms with van der Waals surface area (Å²) in [7, 11) is 0. The predicted molar refractivity (Wildman–Crippen MR) is 100 cm³/mol. The molecule has 132 valence electrons. The summed E-state index contributed by atoms with van der Waals surface area (Å²) in [6.07, 6.45) is 2.58. The number of nitrogens with one attached hydrogen (secondary N) is 1. The largest absolute Gasteiger partial charge is 0.396 e. The van der Waals surface area contributed by atoms with Gasteiger partial charge in [-0.25, -0.2) is 4.98 Å². The van der Waals surface area contributed by atoms with Crippen LogP contribution in [-0.4, -0.2) is 39.5 Å². The highest BCUT2D eigenvalue weighted by Gasteiger charge is 2.26. The zero-order valence-corrected chi connectivity index (χ0v) is 15.7. The van der Waals surface area contributed by atoms with Gasteiger partial charge in [0.25, 0.3) is 0 Å². The summed E-state index contributed by atoms with van der Waals surface area (Å²) in [6, 6.07) is 7.82. The maximum Gasteiger partial charge on any atom is 0.240 e. The lowest BCUT2D eigenvalue weighted by Crippen LogP contribution is -2.45. The molecular formula is C18H27N3O2S. The molecule has 1 heterocycles. The summed E-state index contributed by atoms with van der Waals surface area (Å²) in [6.45, 7) is 6.51. The molecule has 0 aliphatic heterocycles. The topological polar surface area (TPSA) is 67.2 Å². The van der Waals surface area contributed by atoms with Gasteiger partial charge < -0.3 is 15.0 Å². The molecule has 2 aromatic rings. The van der Waals surface area contributed by atoms with Gasteiger partial charge in [0.2, 0.25) is 5.91 Å². The van der Waals surface area contributed by atoms with E-state index in [9.17, 15) is 9.90 Å². The minimum Gasteiger partial charge on any atom is -0.396 e. The maximum absolute atomic E-state index is 12.6. The number of carbonyl (C=O) groups excluding carboxylic acids is 1. The van der Waals surface area contributed by atoms with Crippen LogP contribution in [0.25, 0.3) is 11.0 Å². The number of rotatable bonds is 7. The molecule has 0 fully saturated rings. The third kappa shape index (κ3) is 4.51. The van der Waals surface area contributed by atoms with E-state index in [0.29, 0.717) is 6.42 Å².